The van der Waals surface area contributed by atoms with Crippen molar-refractivity contribution in [3.63, 3.8) is 0 Å². The molecule has 1 aliphatic rings. The van der Waals surface area contributed by atoms with E-state index in [9.17, 15) is 15.6 Å². The van der Waals surface area contributed by atoms with Gasteiger partial charge in [0.1, 0.15) is 11.6 Å². The topological polar surface area (TPSA) is 106 Å². The lowest BCUT2D eigenvalue weighted by Gasteiger charge is -2.19. The molecule has 0 unspecified atom stereocenters. The maximum Gasteiger partial charge on any atom is 0.141 e. The van der Waals surface area contributed by atoms with Gasteiger partial charge < -0.3 is 14.8 Å². The van der Waals surface area contributed by atoms with E-state index in [4.69, 9.17) is 9.72 Å². The average Bonchev–Trinajstić information content (AvgIpc) is 3.61. The van der Waals surface area contributed by atoms with Crippen molar-refractivity contribution in [2.24, 2.45) is 5.92 Å². The van der Waals surface area contributed by atoms with Crippen LogP contribution in [0.1, 0.15) is 43.4 Å². The Morgan fingerprint density at radius 2 is 1.67 bits per heavy atom. The summed E-state index contributed by atoms with van der Waals surface area (Å²) in [6.07, 6.45) is 2.44. The lowest BCUT2D eigenvalue weighted by atomic mass is 9.92. The largest absolute Gasteiger partial charge is 0.493 e. The first-order chi connectivity index (χ1) is 17.4. The van der Waals surface area contributed by atoms with E-state index in [0.29, 0.717) is 28.4 Å². The molecule has 5 aromatic rings. The van der Waals surface area contributed by atoms with Crippen LogP contribution in [0.3, 0.4) is 0 Å². The van der Waals surface area contributed by atoms with Gasteiger partial charge in [-0.1, -0.05) is 18.2 Å². The summed E-state index contributed by atoms with van der Waals surface area (Å²) in [5.41, 5.74) is 2.66. The zero-order chi connectivity index (χ0) is 25.0. The molecule has 6 nitrogen and oxygen atoms in total. The molecule has 1 fully saturated rings. The quantitative estimate of drug-likeness (QED) is 0.292. The third kappa shape index (κ3) is 3.64. The summed E-state index contributed by atoms with van der Waals surface area (Å²) < 4.78 is 6.08. The van der Waals surface area contributed by atoms with Crippen molar-refractivity contribution in [1.82, 2.24) is 9.97 Å². The standard InChI is InChI=1S/C30H24N4O2/c1-30(2,35)20-8-10-22-24(12-20)25-13-21(36-16-17-6-7-17)9-11-23(25)28-27(22)33-29(34-28)26-18(14-31)4-3-5-19(26)15-32/h3-5,8-13,17,35H,6-7,16H2,1-2H3,(H,33,34). The van der Waals surface area contributed by atoms with Gasteiger partial charge in [0.2, 0.25) is 0 Å². The minimum atomic E-state index is -1.00. The number of aromatic nitrogens is 2. The van der Waals surface area contributed by atoms with Crippen molar-refractivity contribution in [3.05, 3.63) is 71.3 Å². The van der Waals surface area contributed by atoms with E-state index in [-0.39, 0.29) is 0 Å². The van der Waals surface area contributed by atoms with Crippen LogP contribution in [0, 0.1) is 28.6 Å². The van der Waals surface area contributed by atoms with Gasteiger partial charge in [-0.2, -0.15) is 10.5 Å². The molecule has 0 amide bonds. The fraction of sp³-hybridized carbons (Fsp3) is 0.233. The zero-order valence-electron chi connectivity index (χ0n) is 20.1. The van der Waals surface area contributed by atoms with Gasteiger partial charge >= 0.3 is 0 Å². The van der Waals surface area contributed by atoms with Crippen LogP contribution in [-0.2, 0) is 5.60 Å². The van der Waals surface area contributed by atoms with Crippen LogP contribution in [0.25, 0.3) is 44.0 Å². The van der Waals surface area contributed by atoms with Gasteiger partial charge in [-0.3, -0.25) is 0 Å². The van der Waals surface area contributed by atoms with E-state index < -0.39 is 5.60 Å². The highest BCUT2D eigenvalue weighted by Gasteiger charge is 2.23. The molecule has 1 aliphatic carbocycles. The number of aliphatic hydroxyl groups is 1. The third-order valence-corrected chi connectivity index (χ3v) is 6.96. The minimum Gasteiger partial charge on any atom is -0.493 e. The number of H-pyrrole nitrogens is 1. The van der Waals surface area contributed by atoms with Crippen molar-refractivity contribution in [3.8, 4) is 29.3 Å². The molecule has 0 bridgehead atoms. The number of nitrogens with one attached hydrogen (secondary N) is 1. The third-order valence-electron chi connectivity index (χ3n) is 6.96. The first kappa shape index (κ1) is 22.1. The molecule has 176 valence electrons. The summed E-state index contributed by atoms with van der Waals surface area (Å²) in [7, 11) is 0. The van der Waals surface area contributed by atoms with E-state index in [2.05, 4.69) is 23.2 Å². The second-order valence-electron chi connectivity index (χ2n) is 10.0. The molecule has 1 heterocycles. The molecule has 36 heavy (non-hydrogen) atoms. The van der Waals surface area contributed by atoms with Crippen LogP contribution in [0.5, 0.6) is 5.75 Å². The number of imidazole rings is 1. The van der Waals surface area contributed by atoms with Crippen molar-refractivity contribution in [2.75, 3.05) is 6.61 Å². The second-order valence-corrected chi connectivity index (χ2v) is 10.0. The first-order valence-corrected chi connectivity index (χ1v) is 12.1. The number of benzene rings is 4. The summed E-state index contributed by atoms with van der Waals surface area (Å²) in [5.74, 6) is 1.93. The lowest BCUT2D eigenvalue weighted by Crippen LogP contribution is -2.15. The molecule has 1 aromatic heterocycles. The molecule has 4 aromatic carbocycles. The fourth-order valence-electron chi connectivity index (χ4n) is 4.78. The monoisotopic (exact) mass is 472 g/mol. The van der Waals surface area contributed by atoms with Crippen LogP contribution >= 0.6 is 0 Å². The van der Waals surface area contributed by atoms with Gasteiger partial charge in [-0.25, -0.2) is 4.98 Å². The van der Waals surface area contributed by atoms with Gasteiger partial charge in [0.15, 0.2) is 0 Å². The SMILES string of the molecule is CC(C)(O)c1ccc2c(c1)c1cc(OCC3CC3)ccc1c1[nH]c(-c3c(C#N)cccc3C#N)nc21. The molecule has 6 heteroatoms. The molecule has 6 rings (SSSR count). The number of fused-ring (bicyclic) bond motifs is 6. The first-order valence-electron chi connectivity index (χ1n) is 12.1. The Labute approximate surface area is 208 Å². The van der Waals surface area contributed by atoms with Gasteiger partial charge in [0.05, 0.1) is 52.1 Å². The predicted molar refractivity (Wildman–Crippen MR) is 139 cm³/mol. The summed E-state index contributed by atoms with van der Waals surface area (Å²) in [6, 6.07) is 21.4. The Bertz CT molecular complexity index is 1730. The van der Waals surface area contributed by atoms with Crippen LogP contribution in [0.15, 0.2) is 54.6 Å². The number of ether oxygens (including phenoxy) is 1. The minimum absolute atomic E-state index is 0.391. The summed E-state index contributed by atoms with van der Waals surface area (Å²) >= 11 is 0. The molecule has 0 aliphatic heterocycles. The highest BCUT2D eigenvalue weighted by molar-refractivity contribution is 6.24. The van der Waals surface area contributed by atoms with Gasteiger partial charge in [-0.15, -0.1) is 0 Å². The van der Waals surface area contributed by atoms with Crippen molar-refractivity contribution >= 4 is 32.6 Å². The summed E-state index contributed by atoms with van der Waals surface area (Å²) in [6.45, 7) is 4.26. The zero-order valence-corrected chi connectivity index (χ0v) is 20.1. The van der Waals surface area contributed by atoms with Crippen molar-refractivity contribution in [1.29, 1.82) is 10.5 Å². The van der Waals surface area contributed by atoms with Crippen molar-refractivity contribution in [2.45, 2.75) is 32.3 Å². The number of rotatable bonds is 5. The Morgan fingerprint density at radius 1 is 0.972 bits per heavy atom. The summed E-state index contributed by atoms with van der Waals surface area (Å²) in [4.78, 5) is 8.33. The molecule has 2 N–H and O–H groups in total. The normalized spacial score (nSPS) is 13.7. The van der Waals surface area contributed by atoms with Gasteiger partial charge in [0, 0.05) is 10.8 Å². The molecule has 0 saturated heterocycles. The summed E-state index contributed by atoms with van der Waals surface area (Å²) in [5, 5.41) is 33.9. The number of nitrogens with zero attached hydrogens (tertiary/aromatic N) is 3. The van der Waals surface area contributed by atoms with E-state index >= 15 is 0 Å². The van der Waals surface area contributed by atoms with E-state index in [1.165, 1.54) is 12.8 Å². The number of aromatic amines is 1. The average molecular weight is 473 g/mol. The predicted octanol–water partition coefficient (Wildman–Crippen LogP) is 6.30. The molecule has 1 saturated carbocycles. The van der Waals surface area contributed by atoms with Crippen LogP contribution in [0.4, 0.5) is 0 Å². The number of hydrogen-bond acceptors (Lipinski definition) is 5. The molecular weight excluding hydrogens is 448 g/mol. The van der Waals surface area contributed by atoms with E-state index in [0.717, 1.165) is 50.5 Å². The van der Waals surface area contributed by atoms with Gasteiger partial charge in [0.25, 0.3) is 0 Å². The van der Waals surface area contributed by atoms with E-state index in [1.54, 1.807) is 32.0 Å². The van der Waals surface area contributed by atoms with Crippen molar-refractivity contribution < 1.29 is 9.84 Å². The smallest absolute Gasteiger partial charge is 0.141 e. The molecule has 0 radical (unpaired) electrons. The Balaban J connectivity index is 1.66. The Morgan fingerprint density at radius 3 is 2.33 bits per heavy atom. The highest BCUT2D eigenvalue weighted by atomic mass is 16.5. The van der Waals surface area contributed by atoms with Crippen LogP contribution < -0.4 is 4.74 Å². The fourth-order valence-corrected chi connectivity index (χ4v) is 4.78. The maximum atomic E-state index is 10.7. The van der Waals surface area contributed by atoms with Gasteiger partial charge in [-0.05, 0) is 85.3 Å². The Hall–Kier alpha value is -4.39. The molecule has 0 spiro atoms. The maximum absolute atomic E-state index is 10.7. The number of hydrogen-bond donors (Lipinski definition) is 2. The van der Waals surface area contributed by atoms with E-state index in [1.807, 2.05) is 30.3 Å². The van der Waals surface area contributed by atoms with Crippen LogP contribution in [-0.4, -0.2) is 21.7 Å². The highest BCUT2D eigenvalue weighted by Crippen LogP contribution is 2.39. The molecule has 0 atom stereocenters. The Kier molecular flexibility index (Phi) is 4.96. The van der Waals surface area contributed by atoms with Crippen LogP contribution in [0.2, 0.25) is 0 Å². The molecular formula is C30H24N4O2. The second kappa shape index (κ2) is 8.09. The lowest BCUT2D eigenvalue weighted by molar-refractivity contribution is 0.0787. The number of nitriles is 2.